The summed E-state index contributed by atoms with van der Waals surface area (Å²) in [5, 5.41) is 0.570. The topological polar surface area (TPSA) is 9.23 Å². The van der Waals surface area contributed by atoms with Crippen LogP contribution in [0, 0.1) is 6.92 Å². The van der Waals surface area contributed by atoms with E-state index in [0.717, 1.165) is 22.4 Å². The van der Waals surface area contributed by atoms with Gasteiger partial charge in [0.2, 0.25) is 0 Å². The molecule has 0 spiro atoms. The number of halogens is 1. The second-order valence-electron chi connectivity index (χ2n) is 6.46. The van der Waals surface area contributed by atoms with E-state index in [9.17, 15) is 0 Å². The second-order valence-corrected chi connectivity index (χ2v) is 6.84. The van der Waals surface area contributed by atoms with E-state index >= 15 is 0 Å². The first-order chi connectivity index (χ1) is 12.7. The van der Waals surface area contributed by atoms with Gasteiger partial charge in [0.1, 0.15) is 5.75 Å². The van der Waals surface area contributed by atoms with Crippen LogP contribution in [0.5, 0.6) is 5.75 Å². The molecule has 0 unspecified atom stereocenters. The highest BCUT2D eigenvalue weighted by atomic mass is 35.5. The first kappa shape index (κ1) is 16.7. The highest BCUT2D eigenvalue weighted by Gasteiger charge is 2.30. The van der Waals surface area contributed by atoms with Crippen molar-refractivity contribution in [2.45, 2.75) is 12.8 Å². The number of allylic oxidation sites excluding steroid dienone is 2. The fraction of sp³-hybridized carbons (Fsp3) is 0.0833. The molecule has 128 valence electrons. The summed E-state index contributed by atoms with van der Waals surface area (Å²) in [6, 6.07) is 26.4. The van der Waals surface area contributed by atoms with Crippen molar-refractivity contribution in [2.24, 2.45) is 0 Å². The Hall–Kier alpha value is -2.77. The summed E-state index contributed by atoms with van der Waals surface area (Å²) in [5.74, 6) is 1.43. The number of rotatable bonds is 2. The number of para-hydroxylation sites is 1. The van der Waals surface area contributed by atoms with Gasteiger partial charge >= 0.3 is 0 Å². The molecule has 0 radical (unpaired) electrons. The summed E-state index contributed by atoms with van der Waals surface area (Å²) in [4.78, 5) is 0. The van der Waals surface area contributed by atoms with Crippen molar-refractivity contribution in [1.82, 2.24) is 0 Å². The molecule has 0 bridgehead atoms. The third-order valence-electron chi connectivity index (χ3n) is 4.81. The summed E-state index contributed by atoms with van der Waals surface area (Å²) >= 11 is 6.81. The third kappa shape index (κ3) is 2.85. The van der Waals surface area contributed by atoms with Crippen molar-refractivity contribution in [3.05, 3.63) is 118 Å². The first-order valence-electron chi connectivity index (χ1n) is 8.63. The Kier molecular flexibility index (Phi) is 4.40. The monoisotopic (exact) mass is 358 g/mol. The fourth-order valence-corrected chi connectivity index (χ4v) is 3.72. The minimum Gasteiger partial charge on any atom is -0.455 e. The predicted octanol–water partition coefficient (Wildman–Crippen LogP) is 6.68. The van der Waals surface area contributed by atoms with Crippen LogP contribution in [0.3, 0.4) is 0 Å². The maximum atomic E-state index is 6.81. The molecule has 2 heteroatoms. The van der Waals surface area contributed by atoms with Crippen LogP contribution < -0.4 is 4.74 Å². The summed E-state index contributed by atoms with van der Waals surface area (Å²) in [6.07, 6.45) is 0. The molecule has 1 aliphatic rings. The summed E-state index contributed by atoms with van der Waals surface area (Å²) in [7, 11) is 0. The van der Waals surface area contributed by atoms with Crippen molar-refractivity contribution in [3.8, 4) is 5.75 Å². The van der Waals surface area contributed by atoms with E-state index in [-0.39, 0.29) is 5.92 Å². The molecule has 1 atom stereocenters. The Bertz CT molecular complexity index is 1000. The van der Waals surface area contributed by atoms with Crippen LogP contribution in [0.1, 0.15) is 28.2 Å². The lowest BCUT2D eigenvalue weighted by molar-refractivity contribution is 0.510. The highest BCUT2D eigenvalue weighted by Crippen LogP contribution is 2.46. The van der Waals surface area contributed by atoms with Crippen LogP contribution in [0.25, 0.3) is 5.76 Å². The number of ether oxygens (including phenoxy) is 1. The molecular formula is C24H19ClO. The molecule has 3 aromatic rings. The van der Waals surface area contributed by atoms with E-state index in [1.165, 1.54) is 11.1 Å². The molecule has 0 amide bonds. The van der Waals surface area contributed by atoms with E-state index in [4.69, 9.17) is 16.3 Å². The van der Waals surface area contributed by atoms with Gasteiger partial charge in [0.25, 0.3) is 0 Å². The minimum atomic E-state index is -0.0406. The predicted molar refractivity (Wildman–Crippen MR) is 108 cm³/mol. The average Bonchev–Trinajstić information content (AvgIpc) is 2.79. The molecule has 0 saturated carbocycles. The second kappa shape index (κ2) is 6.86. The molecule has 26 heavy (non-hydrogen) atoms. The lowest BCUT2D eigenvalue weighted by Gasteiger charge is -2.21. The molecule has 0 saturated heterocycles. The normalized spacial score (nSPS) is 16.7. The highest BCUT2D eigenvalue weighted by molar-refractivity contribution is 6.35. The van der Waals surface area contributed by atoms with Crippen LogP contribution >= 0.6 is 11.6 Å². The van der Waals surface area contributed by atoms with Crippen LogP contribution in [0.4, 0.5) is 0 Å². The largest absolute Gasteiger partial charge is 0.455 e. The Labute approximate surface area is 159 Å². The lowest BCUT2D eigenvalue weighted by Crippen LogP contribution is -2.05. The number of fused-ring (bicyclic) bond motifs is 1. The summed E-state index contributed by atoms with van der Waals surface area (Å²) in [6.45, 7) is 6.48. The van der Waals surface area contributed by atoms with Crippen molar-refractivity contribution < 1.29 is 4.74 Å². The molecule has 0 N–H and O–H groups in total. The van der Waals surface area contributed by atoms with Gasteiger partial charge in [-0.2, -0.15) is 0 Å². The van der Waals surface area contributed by atoms with Crippen LogP contribution in [-0.2, 0) is 0 Å². The summed E-state index contributed by atoms with van der Waals surface area (Å²) in [5.41, 5.74) is 5.28. The van der Waals surface area contributed by atoms with Gasteiger partial charge in [-0.05, 0) is 29.7 Å². The molecule has 0 aliphatic carbocycles. The van der Waals surface area contributed by atoms with E-state index in [2.05, 4.69) is 37.8 Å². The van der Waals surface area contributed by atoms with Gasteiger partial charge in [-0.3, -0.25) is 0 Å². The Balaban J connectivity index is 1.96. The van der Waals surface area contributed by atoms with Crippen molar-refractivity contribution >= 4 is 17.4 Å². The summed E-state index contributed by atoms with van der Waals surface area (Å²) < 4.78 is 6.30. The SMILES string of the molecule is C=C1C(Cl)=C(c2ccccc2)Oc2ccccc2[C@H]1c1ccccc1C. The smallest absolute Gasteiger partial charge is 0.153 e. The van der Waals surface area contributed by atoms with Gasteiger partial charge in [-0.25, -0.2) is 0 Å². The average molecular weight is 359 g/mol. The van der Waals surface area contributed by atoms with Gasteiger partial charge in [0.15, 0.2) is 5.76 Å². The maximum absolute atomic E-state index is 6.81. The molecule has 1 heterocycles. The van der Waals surface area contributed by atoms with Gasteiger partial charge < -0.3 is 4.74 Å². The number of benzene rings is 3. The lowest BCUT2D eigenvalue weighted by atomic mass is 9.83. The van der Waals surface area contributed by atoms with Gasteiger partial charge in [0, 0.05) is 17.0 Å². The van der Waals surface area contributed by atoms with Crippen LogP contribution in [-0.4, -0.2) is 0 Å². The molecular weight excluding hydrogens is 340 g/mol. The molecule has 1 nitrogen and oxygen atoms in total. The molecule has 0 fully saturated rings. The Morgan fingerprint density at radius 3 is 2.15 bits per heavy atom. The first-order valence-corrected chi connectivity index (χ1v) is 9.01. The maximum Gasteiger partial charge on any atom is 0.153 e. The Morgan fingerprint density at radius 2 is 1.42 bits per heavy atom. The van der Waals surface area contributed by atoms with Gasteiger partial charge in [0.05, 0.1) is 5.03 Å². The van der Waals surface area contributed by atoms with Gasteiger partial charge in [-0.1, -0.05) is 91.0 Å². The minimum absolute atomic E-state index is 0.0406. The van der Waals surface area contributed by atoms with Gasteiger partial charge in [-0.15, -0.1) is 0 Å². The van der Waals surface area contributed by atoms with Crippen LogP contribution in [0.15, 0.2) is 96.0 Å². The van der Waals surface area contributed by atoms with E-state index in [1.54, 1.807) is 0 Å². The quantitative estimate of drug-likeness (QED) is 0.496. The standard InChI is InChI=1S/C24H19ClO/c1-16-10-6-7-13-19(16)22-17(2)23(25)24(18-11-4-3-5-12-18)26-21-15-9-8-14-20(21)22/h3-15,22H,2H2,1H3/t22-/m1/s1. The zero-order chi connectivity index (χ0) is 18.1. The van der Waals surface area contributed by atoms with Crippen molar-refractivity contribution in [1.29, 1.82) is 0 Å². The fourth-order valence-electron chi connectivity index (χ4n) is 3.47. The molecule has 0 aromatic heterocycles. The number of aryl methyl sites for hydroxylation is 1. The third-order valence-corrected chi connectivity index (χ3v) is 5.22. The number of hydrogen-bond donors (Lipinski definition) is 0. The Morgan fingerprint density at radius 1 is 0.808 bits per heavy atom. The van der Waals surface area contributed by atoms with E-state index < -0.39 is 0 Å². The molecule has 1 aliphatic heterocycles. The van der Waals surface area contributed by atoms with E-state index in [1.807, 2.05) is 54.6 Å². The number of hydrogen-bond acceptors (Lipinski definition) is 1. The zero-order valence-electron chi connectivity index (χ0n) is 14.6. The van der Waals surface area contributed by atoms with Crippen LogP contribution in [0.2, 0.25) is 0 Å². The molecule has 4 rings (SSSR count). The van der Waals surface area contributed by atoms with Crippen molar-refractivity contribution in [2.75, 3.05) is 0 Å². The van der Waals surface area contributed by atoms with Crippen molar-refractivity contribution in [3.63, 3.8) is 0 Å². The zero-order valence-corrected chi connectivity index (χ0v) is 15.3. The molecule has 3 aromatic carbocycles. The van der Waals surface area contributed by atoms with E-state index in [0.29, 0.717) is 10.8 Å².